The summed E-state index contributed by atoms with van der Waals surface area (Å²) in [7, 11) is 0. The maximum Gasteiger partial charge on any atom is 0.0331 e. The van der Waals surface area contributed by atoms with Gasteiger partial charge >= 0.3 is 0 Å². The highest BCUT2D eigenvalue weighted by Gasteiger charge is 2.37. The molecule has 2 N–H and O–H groups in total. The summed E-state index contributed by atoms with van der Waals surface area (Å²) >= 11 is 0. The molecule has 0 aromatic heterocycles. The second-order valence-electron chi connectivity index (χ2n) is 8.48. The summed E-state index contributed by atoms with van der Waals surface area (Å²) in [5.74, 6) is 1.63. The molecular formula is C19H40N2. The molecule has 0 aliphatic carbocycles. The predicted molar refractivity (Wildman–Crippen MR) is 94.5 cm³/mol. The quantitative estimate of drug-likeness (QED) is 0.771. The van der Waals surface area contributed by atoms with E-state index in [9.17, 15) is 0 Å². The monoisotopic (exact) mass is 296 g/mol. The second-order valence-corrected chi connectivity index (χ2v) is 8.48. The van der Waals surface area contributed by atoms with Crippen LogP contribution in [0.15, 0.2) is 0 Å². The van der Waals surface area contributed by atoms with E-state index in [0.717, 1.165) is 18.4 Å². The van der Waals surface area contributed by atoms with Gasteiger partial charge in [0.2, 0.25) is 0 Å². The van der Waals surface area contributed by atoms with E-state index in [2.05, 4.69) is 46.4 Å². The zero-order valence-electron chi connectivity index (χ0n) is 15.5. The first-order chi connectivity index (χ1) is 9.79. The van der Waals surface area contributed by atoms with Crippen LogP contribution in [0.25, 0.3) is 0 Å². The van der Waals surface area contributed by atoms with Gasteiger partial charge in [0.1, 0.15) is 0 Å². The Kier molecular flexibility index (Phi) is 7.19. The fourth-order valence-electron chi connectivity index (χ4n) is 4.08. The molecule has 2 nitrogen and oxygen atoms in total. The van der Waals surface area contributed by atoms with Crippen LogP contribution in [0.2, 0.25) is 0 Å². The maximum atomic E-state index is 6.28. The molecule has 1 heterocycles. The Bertz CT molecular complexity index is 288. The first-order valence-electron chi connectivity index (χ1n) is 9.24. The third kappa shape index (κ3) is 4.96. The minimum absolute atomic E-state index is 0.238. The molecule has 126 valence electrons. The van der Waals surface area contributed by atoms with Crippen molar-refractivity contribution in [3.63, 3.8) is 0 Å². The zero-order valence-corrected chi connectivity index (χ0v) is 15.5. The lowest BCUT2D eigenvalue weighted by Gasteiger charge is -2.44. The van der Waals surface area contributed by atoms with Gasteiger partial charge in [-0.2, -0.15) is 0 Å². The normalized spacial score (nSPS) is 26.1. The van der Waals surface area contributed by atoms with Gasteiger partial charge < -0.3 is 5.73 Å². The van der Waals surface area contributed by atoms with Gasteiger partial charge in [-0.3, -0.25) is 4.90 Å². The van der Waals surface area contributed by atoms with Crippen LogP contribution < -0.4 is 5.73 Å². The molecule has 1 aliphatic rings. The molecule has 0 radical (unpaired) electrons. The van der Waals surface area contributed by atoms with Crippen molar-refractivity contribution in [3.05, 3.63) is 0 Å². The lowest BCUT2D eigenvalue weighted by atomic mass is 9.76. The Morgan fingerprint density at radius 3 is 2.29 bits per heavy atom. The number of rotatable bonds is 6. The molecule has 3 unspecified atom stereocenters. The summed E-state index contributed by atoms with van der Waals surface area (Å²) in [5.41, 5.74) is 6.97. The first kappa shape index (κ1) is 19.0. The predicted octanol–water partition coefficient (Wildman–Crippen LogP) is 4.68. The minimum Gasteiger partial charge on any atom is -0.329 e. The molecule has 0 saturated carbocycles. The van der Waals surface area contributed by atoms with E-state index in [-0.39, 0.29) is 5.54 Å². The number of nitrogens with zero attached hydrogens (tertiary/aromatic N) is 1. The van der Waals surface area contributed by atoms with Crippen LogP contribution in [0.1, 0.15) is 80.1 Å². The molecule has 21 heavy (non-hydrogen) atoms. The van der Waals surface area contributed by atoms with Crippen molar-refractivity contribution in [2.45, 2.75) is 85.6 Å². The van der Waals surface area contributed by atoms with E-state index in [1.807, 2.05) is 0 Å². The summed E-state index contributed by atoms with van der Waals surface area (Å²) < 4.78 is 0. The molecule has 1 saturated heterocycles. The molecule has 1 rings (SSSR count). The molecule has 0 amide bonds. The Labute approximate surface area is 133 Å². The van der Waals surface area contributed by atoms with E-state index < -0.39 is 0 Å². The standard InChI is InChI=1S/C19H40N2/c1-7-16(3)14-19(8-2,15-20)21-12-9-10-17(11-13-21)18(4,5)6/h16-17H,7-15,20H2,1-6H3. The van der Waals surface area contributed by atoms with Crippen molar-refractivity contribution >= 4 is 0 Å². The summed E-state index contributed by atoms with van der Waals surface area (Å²) in [6, 6.07) is 0. The van der Waals surface area contributed by atoms with E-state index >= 15 is 0 Å². The molecule has 0 bridgehead atoms. The Hall–Kier alpha value is -0.0800. The topological polar surface area (TPSA) is 29.3 Å². The molecule has 2 heteroatoms. The van der Waals surface area contributed by atoms with Crippen LogP contribution in [0.3, 0.4) is 0 Å². The van der Waals surface area contributed by atoms with Gasteiger partial charge in [0.25, 0.3) is 0 Å². The molecule has 3 atom stereocenters. The minimum atomic E-state index is 0.238. The van der Waals surface area contributed by atoms with Crippen molar-refractivity contribution in [1.82, 2.24) is 4.90 Å². The number of hydrogen-bond acceptors (Lipinski definition) is 2. The van der Waals surface area contributed by atoms with Gasteiger partial charge in [-0.25, -0.2) is 0 Å². The van der Waals surface area contributed by atoms with Crippen molar-refractivity contribution in [2.75, 3.05) is 19.6 Å². The molecule has 0 aromatic carbocycles. The number of likely N-dealkylation sites (tertiary alicyclic amines) is 1. The highest BCUT2D eigenvalue weighted by atomic mass is 15.2. The van der Waals surface area contributed by atoms with Crippen molar-refractivity contribution < 1.29 is 0 Å². The summed E-state index contributed by atoms with van der Waals surface area (Å²) in [5, 5.41) is 0. The van der Waals surface area contributed by atoms with Crippen LogP contribution in [-0.2, 0) is 0 Å². The van der Waals surface area contributed by atoms with E-state index in [4.69, 9.17) is 5.73 Å². The van der Waals surface area contributed by atoms with Crippen LogP contribution in [-0.4, -0.2) is 30.1 Å². The fraction of sp³-hybridized carbons (Fsp3) is 1.00. The van der Waals surface area contributed by atoms with Gasteiger partial charge in [0.05, 0.1) is 0 Å². The first-order valence-corrected chi connectivity index (χ1v) is 9.24. The van der Waals surface area contributed by atoms with Crippen LogP contribution >= 0.6 is 0 Å². The van der Waals surface area contributed by atoms with Crippen LogP contribution in [0, 0.1) is 17.3 Å². The largest absolute Gasteiger partial charge is 0.329 e. The number of hydrogen-bond donors (Lipinski definition) is 1. The Balaban J connectivity index is 2.80. The maximum absolute atomic E-state index is 6.28. The molecule has 0 spiro atoms. The fourth-order valence-corrected chi connectivity index (χ4v) is 4.08. The summed E-state index contributed by atoms with van der Waals surface area (Å²) in [6.07, 6.45) is 7.77. The van der Waals surface area contributed by atoms with Crippen LogP contribution in [0.4, 0.5) is 0 Å². The van der Waals surface area contributed by atoms with Gasteiger partial charge in [0.15, 0.2) is 0 Å². The third-order valence-corrected chi connectivity index (χ3v) is 6.09. The molecule has 0 aromatic rings. The molecule has 1 aliphatic heterocycles. The molecular weight excluding hydrogens is 256 g/mol. The van der Waals surface area contributed by atoms with E-state index in [1.165, 1.54) is 51.6 Å². The average Bonchev–Trinajstić information content (AvgIpc) is 2.70. The van der Waals surface area contributed by atoms with Gasteiger partial charge in [-0.15, -0.1) is 0 Å². The van der Waals surface area contributed by atoms with Gasteiger partial charge in [-0.1, -0.05) is 48.0 Å². The number of nitrogens with two attached hydrogens (primary N) is 1. The summed E-state index contributed by atoms with van der Waals surface area (Å²) in [6.45, 7) is 17.5. The second kappa shape index (κ2) is 7.97. The van der Waals surface area contributed by atoms with Gasteiger partial charge in [0, 0.05) is 12.1 Å². The van der Waals surface area contributed by atoms with Crippen molar-refractivity contribution in [3.8, 4) is 0 Å². The SMILES string of the molecule is CCC(C)CC(CC)(CN)N1CCCC(C(C)(C)C)CC1. The van der Waals surface area contributed by atoms with Crippen LogP contribution in [0.5, 0.6) is 0 Å². The smallest absolute Gasteiger partial charge is 0.0331 e. The van der Waals surface area contributed by atoms with Gasteiger partial charge in [-0.05, 0) is 62.4 Å². The third-order valence-electron chi connectivity index (χ3n) is 6.09. The van der Waals surface area contributed by atoms with Crippen molar-refractivity contribution in [1.29, 1.82) is 0 Å². The van der Waals surface area contributed by atoms with Crippen molar-refractivity contribution in [2.24, 2.45) is 23.0 Å². The zero-order chi connectivity index (χ0) is 16.1. The Morgan fingerprint density at radius 1 is 1.14 bits per heavy atom. The van der Waals surface area contributed by atoms with E-state index in [1.54, 1.807) is 0 Å². The highest BCUT2D eigenvalue weighted by Crippen LogP contribution is 2.37. The lowest BCUT2D eigenvalue weighted by molar-refractivity contribution is 0.0657. The highest BCUT2D eigenvalue weighted by molar-refractivity contribution is 4.94. The molecule has 1 fully saturated rings. The lowest BCUT2D eigenvalue weighted by Crippen LogP contribution is -2.54. The average molecular weight is 297 g/mol. The van der Waals surface area contributed by atoms with E-state index in [0.29, 0.717) is 5.41 Å². The Morgan fingerprint density at radius 2 is 1.81 bits per heavy atom. The summed E-state index contributed by atoms with van der Waals surface area (Å²) in [4.78, 5) is 2.75.